The highest BCUT2D eigenvalue weighted by Gasteiger charge is 2.06. The maximum Gasteiger partial charge on any atom is 0.265 e. The van der Waals surface area contributed by atoms with E-state index >= 15 is 0 Å². The molecule has 1 amide bonds. The molecule has 0 fully saturated rings. The van der Waals surface area contributed by atoms with Crippen LogP contribution in [0.5, 0.6) is 0 Å². The highest BCUT2D eigenvalue weighted by Crippen LogP contribution is 2.11. The van der Waals surface area contributed by atoms with Crippen LogP contribution < -0.4 is 11.3 Å². The molecule has 0 bridgehead atoms. The Balaban J connectivity index is 1.90. The number of amides is 1. The van der Waals surface area contributed by atoms with Gasteiger partial charge in [-0.1, -0.05) is 18.2 Å². The second kappa shape index (κ2) is 7.19. The lowest BCUT2D eigenvalue weighted by Gasteiger charge is -2.16. The third-order valence-corrected chi connectivity index (χ3v) is 4.03. The fraction of sp³-hybridized carbons (Fsp3) is 0.267. The number of rotatable bonds is 6. The molecular formula is C15H19N3OS. The van der Waals surface area contributed by atoms with Gasteiger partial charge in [-0.15, -0.1) is 11.3 Å². The molecule has 4 nitrogen and oxygen atoms in total. The summed E-state index contributed by atoms with van der Waals surface area (Å²) in [6.07, 6.45) is 1.05. The summed E-state index contributed by atoms with van der Waals surface area (Å²) < 4.78 is 0. The zero-order valence-corrected chi connectivity index (χ0v) is 12.3. The number of thiophene rings is 1. The molecule has 1 heterocycles. The minimum Gasteiger partial charge on any atom is -0.302 e. The van der Waals surface area contributed by atoms with Gasteiger partial charge in [0.1, 0.15) is 0 Å². The Labute approximate surface area is 123 Å². The monoisotopic (exact) mass is 289 g/mol. The van der Waals surface area contributed by atoms with Gasteiger partial charge in [0.05, 0.1) is 0 Å². The number of hydrogen-bond donors (Lipinski definition) is 2. The predicted molar refractivity (Wildman–Crippen MR) is 82.5 cm³/mol. The summed E-state index contributed by atoms with van der Waals surface area (Å²) in [5.74, 6) is 4.89. The van der Waals surface area contributed by atoms with Gasteiger partial charge in [-0.25, -0.2) is 5.84 Å². The minimum atomic E-state index is -0.256. The van der Waals surface area contributed by atoms with Crippen molar-refractivity contribution in [1.82, 2.24) is 10.3 Å². The highest BCUT2D eigenvalue weighted by atomic mass is 32.1. The molecular weight excluding hydrogens is 270 g/mol. The van der Waals surface area contributed by atoms with Crippen LogP contribution in [0.2, 0.25) is 0 Å². The van der Waals surface area contributed by atoms with Crippen LogP contribution in [0.4, 0.5) is 0 Å². The molecule has 20 heavy (non-hydrogen) atoms. The number of likely N-dealkylation sites (N-methyl/N-ethyl adjacent to an activating group) is 1. The molecule has 0 saturated carbocycles. The number of nitrogen functional groups attached to an aromatic ring is 1. The van der Waals surface area contributed by atoms with Crippen LogP contribution in [-0.2, 0) is 13.0 Å². The Morgan fingerprint density at radius 2 is 2.20 bits per heavy atom. The number of nitrogens with two attached hydrogens (primary N) is 1. The average molecular weight is 289 g/mol. The molecule has 5 heteroatoms. The topological polar surface area (TPSA) is 58.4 Å². The molecule has 106 valence electrons. The van der Waals surface area contributed by atoms with E-state index in [9.17, 15) is 4.79 Å². The maximum absolute atomic E-state index is 11.5. The van der Waals surface area contributed by atoms with E-state index in [1.54, 1.807) is 17.4 Å². The molecule has 0 unspecified atom stereocenters. The van der Waals surface area contributed by atoms with Gasteiger partial charge in [0.15, 0.2) is 0 Å². The second-order valence-corrected chi connectivity index (χ2v) is 5.77. The molecule has 1 aromatic heterocycles. The Morgan fingerprint density at radius 1 is 1.35 bits per heavy atom. The molecule has 0 spiro atoms. The van der Waals surface area contributed by atoms with E-state index in [2.05, 4.69) is 34.9 Å². The van der Waals surface area contributed by atoms with Crippen LogP contribution in [0, 0.1) is 0 Å². The zero-order valence-electron chi connectivity index (χ0n) is 11.5. The van der Waals surface area contributed by atoms with Crippen molar-refractivity contribution in [2.24, 2.45) is 5.84 Å². The molecule has 0 aliphatic carbocycles. The normalized spacial score (nSPS) is 10.8. The second-order valence-electron chi connectivity index (χ2n) is 4.74. The third kappa shape index (κ3) is 4.16. The summed E-state index contributed by atoms with van der Waals surface area (Å²) in [6.45, 7) is 1.81. The number of hydrogen-bond acceptors (Lipinski definition) is 4. The zero-order chi connectivity index (χ0) is 14.4. The van der Waals surface area contributed by atoms with Crippen molar-refractivity contribution in [3.8, 4) is 0 Å². The summed E-state index contributed by atoms with van der Waals surface area (Å²) in [4.78, 5) is 15.1. The lowest BCUT2D eigenvalue weighted by molar-refractivity contribution is 0.0953. The first-order valence-corrected chi connectivity index (χ1v) is 7.38. The third-order valence-electron chi connectivity index (χ3n) is 3.09. The van der Waals surface area contributed by atoms with Crippen LogP contribution in [0.1, 0.15) is 20.8 Å². The van der Waals surface area contributed by atoms with E-state index in [1.807, 2.05) is 18.2 Å². The van der Waals surface area contributed by atoms with Crippen molar-refractivity contribution in [3.63, 3.8) is 0 Å². The number of nitrogens with one attached hydrogen (secondary N) is 1. The lowest BCUT2D eigenvalue weighted by atomic mass is 10.1. The predicted octanol–water partition coefficient (Wildman–Crippen LogP) is 2.03. The molecule has 0 radical (unpaired) electrons. The highest BCUT2D eigenvalue weighted by molar-refractivity contribution is 7.09. The van der Waals surface area contributed by atoms with Crippen molar-refractivity contribution in [2.45, 2.75) is 13.0 Å². The van der Waals surface area contributed by atoms with E-state index in [-0.39, 0.29) is 5.91 Å². The van der Waals surface area contributed by atoms with Crippen LogP contribution in [0.3, 0.4) is 0 Å². The summed E-state index contributed by atoms with van der Waals surface area (Å²) in [6, 6.07) is 11.8. The molecule has 2 aromatic rings. The number of hydrazine groups is 1. The van der Waals surface area contributed by atoms with E-state index in [4.69, 9.17) is 5.84 Å². The van der Waals surface area contributed by atoms with Gasteiger partial charge in [0, 0.05) is 23.5 Å². The minimum absolute atomic E-state index is 0.256. The van der Waals surface area contributed by atoms with Crippen molar-refractivity contribution >= 4 is 17.2 Å². The van der Waals surface area contributed by atoms with Gasteiger partial charge in [-0.2, -0.15) is 0 Å². The fourth-order valence-electron chi connectivity index (χ4n) is 2.04. The standard InChI is InChI=1S/C15H19N3OS/c1-18(8-7-14-6-3-9-20-14)11-12-4-2-5-13(10-12)15(19)17-16/h2-6,9-10H,7-8,11,16H2,1H3,(H,17,19). The summed E-state index contributed by atoms with van der Waals surface area (Å²) in [5.41, 5.74) is 3.86. The Morgan fingerprint density at radius 3 is 2.90 bits per heavy atom. The Hall–Kier alpha value is -1.69. The van der Waals surface area contributed by atoms with Gasteiger partial charge in [0.25, 0.3) is 5.91 Å². The van der Waals surface area contributed by atoms with E-state index in [0.29, 0.717) is 5.56 Å². The lowest BCUT2D eigenvalue weighted by Crippen LogP contribution is -2.30. The van der Waals surface area contributed by atoms with Crippen molar-refractivity contribution < 1.29 is 4.79 Å². The quantitative estimate of drug-likeness (QED) is 0.486. The molecule has 2 rings (SSSR count). The smallest absolute Gasteiger partial charge is 0.265 e. The van der Waals surface area contributed by atoms with Gasteiger partial charge >= 0.3 is 0 Å². The van der Waals surface area contributed by atoms with Gasteiger partial charge in [0.2, 0.25) is 0 Å². The van der Waals surface area contributed by atoms with Crippen molar-refractivity contribution in [2.75, 3.05) is 13.6 Å². The summed E-state index contributed by atoms with van der Waals surface area (Å²) in [7, 11) is 2.09. The maximum atomic E-state index is 11.5. The van der Waals surface area contributed by atoms with Crippen LogP contribution in [0.15, 0.2) is 41.8 Å². The van der Waals surface area contributed by atoms with Crippen LogP contribution in [0.25, 0.3) is 0 Å². The van der Waals surface area contributed by atoms with Gasteiger partial charge in [-0.05, 0) is 42.6 Å². The van der Waals surface area contributed by atoms with Crippen LogP contribution >= 0.6 is 11.3 Å². The fourth-order valence-corrected chi connectivity index (χ4v) is 2.74. The Kier molecular flexibility index (Phi) is 5.29. The molecule has 3 N–H and O–H groups in total. The van der Waals surface area contributed by atoms with Gasteiger partial charge < -0.3 is 4.90 Å². The van der Waals surface area contributed by atoms with Crippen molar-refractivity contribution in [1.29, 1.82) is 0 Å². The molecule has 0 aliphatic heterocycles. The summed E-state index contributed by atoms with van der Waals surface area (Å²) in [5, 5.41) is 2.10. The first-order valence-electron chi connectivity index (χ1n) is 6.50. The number of carbonyl (C=O) groups excluding carboxylic acids is 1. The van der Waals surface area contributed by atoms with Crippen LogP contribution in [-0.4, -0.2) is 24.4 Å². The molecule has 1 aromatic carbocycles. The van der Waals surface area contributed by atoms with Crippen molar-refractivity contribution in [3.05, 3.63) is 57.8 Å². The largest absolute Gasteiger partial charge is 0.302 e. The average Bonchev–Trinajstić information content (AvgIpc) is 2.98. The van der Waals surface area contributed by atoms with E-state index in [0.717, 1.165) is 25.1 Å². The number of benzene rings is 1. The number of nitrogens with zero attached hydrogens (tertiary/aromatic N) is 1. The van der Waals surface area contributed by atoms with E-state index < -0.39 is 0 Å². The first kappa shape index (κ1) is 14.7. The Bertz CT molecular complexity index is 554. The molecule has 0 saturated heterocycles. The molecule has 0 atom stereocenters. The summed E-state index contributed by atoms with van der Waals surface area (Å²) >= 11 is 1.79. The van der Waals surface area contributed by atoms with Gasteiger partial charge in [-0.3, -0.25) is 10.2 Å². The number of carbonyl (C=O) groups is 1. The van der Waals surface area contributed by atoms with E-state index in [1.165, 1.54) is 4.88 Å². The molecule has 0 aliphatic rings. The first-order chi connectivity index (χ1) is 9.69. The SMILES string of the molecule is CN(CCc1cccs1)Cc1cccc(C(=O)NN)c1.